The maximum atomic E-state index is 5.89. The van der Waals surface area contributed by atoms with E-state index in [1.54, 1.807) is 6.21 Å². The van der Waals surface area contributed by atoms with Gasteiger partial charge in [-0.15, -0.1) is 0 Å². The molecule has 0 aliphatic rings. The molecule has 0 aliphatic carbocycles. The number of nitrogens with zero attached hydrogens (tertiary/aromatic N) is 2. The summed E-state index contributed by atoms with van der Waals surface area (Å²) in [5, 5.41) is 0. The Hall–Kier alpha value is -2.96. The van der Waals surface area contributed by atoms with Crippen LogP contribution in [0.5, 0.6) is 0 Å². The number of benzene rings is 3. The summed E-state index contributed by atoms with van der Waals surface area (Å²) in [4.78, 5) is 9.12. The van der Waals surface area contributed by atoms with Crippen LogP contribution in [0, 0.1) is 0 Å². The number of rotatable bonds is 4. The summed E-state index contributed by atoms with van der Waals surface area (Å²) in [6.07, 6.45) is 1.71. The largest absolute Gasteiger partial charge is 0.455 e. The van der Waals surface area contributed by atoms with E-state index in [0.29, 0.717) is 11.7 Å². The molecule has 0 amide bonds. The maximum Gasteiger partial charge on any atom is 0.227 e. The van der Waals surface area contributed by atoms with Crippen molar-refractivity contribution in [2.45, 2.75) is 0 Å². The lowest BCUT2D eigenvalue weighted by Gasteiger charge is -1.96. The van der Waals surface area contributed by atoms with E-state index in [1.807, 2.05) is 78.9 Å². The van der Waals surface area contributed by atoms with E-state index in [1.165, 1.54) is 0 Å². The van der Waals surface area contributed by atoms with Gasteiger partial charge in [-0.05, 0) is 66.7 Å². The van der Waals surface area contributed by atoms with Crippen molar-refractivity contribution in [3.8, 4) is 22.8 Å². The van der Waals surface area contributed by atoms with Crippen molar-refractivity contribution in [2.24, 2.45) is 4.99 Å². The lowest BCUT2D eigenvalue weighted by Crippen LogP contribution is -1.77. The van der Waals surface area contributed by atoms with Crippen LogP contribution < -0.4 is 0 Å². The van der Waals surface area contributed by atoms with Gasteiger partial charge in [-0.3, -0.25) is 4.99 Å². The van der Waals surface area contributed by atoms with Crippen molar-refractivity contribution in [3.63, 3.8) is 0 Å². The number of aliphatic imine (C=N–C) groups is 1. The third kappa shape index (κ3) is 4.01. The SMILES string of the molecule is Brc1ccc(-c2ccc(C=Nc3ccc4oc(-c5ccc(Br)cc5)nc4c3)o2)cc1. The van der Waals surface area contributed by atoms with Crippen molar-refractivity contribution in [1.29, 1.82) is 0 Å². The van der Waals surface area contributed by atoms with Crippen LogP contribution in [0.2, 0.25) is 0 Å². The summed E-state index contributed by atoms with van der Waals surface area (Å²) in [5.74, 6) is 2.07. The second-order valence-electron chi connectivity index (χ2n) is 6.65. The molecule has 6 heteroatoms. The standard InChI is InChI=1S/C24H14Br2N2O2/c25-17-5-1-15(2-6-17)22-12-10-20(29-22)14-27-19-9-11-23-21(13-19)28-24(30-23)16-3-7-18(26)8-4-16/h1-14H. The predicted molar refractivity (Wildman–Crippen MR) is 126 cm³/mol. The van der Waals surface area contributed by atoms with Gasteiger partial charge in [0.05, 0.1) is 11.9 Å². The van der Waals surface area contributed by atoms with Gasteiger partial charge in [0.1, 0.15) is 17.0 Å². The highest BCUT2D eigenvalue weighted by Crippen LogP contribution is 2.28. The van der Waals surface area contributed by atoms with Crippen LogP contribution in [0.4, 0.5) is 5.69 Å². The van der Waals surface area contributed by atoms with E-state index < -0.39 is 0 Å². The Labute approximate surface area is 189 Å². The normalized spacial score (nSPS) is 11.5. The molecule has 0 N–H and O–H groups in total. The third-order valence-electron chi connectivity index (χ3n) is 4.56. The zero-order valence-electron chi connectivity index (χ0n) is 15.5. The number of hydrogen-bond acceptors (Lipinski definition) is 4. The minimum Gasteiger partial charge on any atom is -0.455 e. The van der Waals surface area contributed by atoms with Gasteiger partial charge in [0.15, 0.2) is 5.58 Å². The first-order valence-electron chi connectivity index (χ1n) is 9.20. The van der Waals surface area contributed by atoms with Crippen LogP contribution in [0.25, 0.3) is 33.9 Å². The van der Waals surface area contributed by atoms with Crippen molar-refractivity contribution < 1.29 is 8.83 Å². The lowest BCUT2D eigenvalue weighted by molar-refractivity contribution is 0.575. The molecule has 0 unspecified atom stereocenters. The Kier molecular flexibility index (Phi) is 5.11. The van der Waals surface area contributed by atoms with E-state index in [4.69, 9.17) is 8.83 Å². The molecular formula is C24H14Br2N2O2. The van der Waals surface area contributed by atoms with Crippen LogP contribution in [-0.4, -0.2) is 11.2 Å². The first-order valence-corrected chi connectivity index (χ1v) is 10.8. The quantitative estimate of drug-likeness (QED) is 0.225. The van der Waals surface area contributed by atoms with Crippen molar-refractivity contribution in [1.82, 2.24) is 4.98 Å². The fourth-order valence-corrected chi connectivity index (χ4v) is 3.57. The Morgan fingerprint density at radius 2 is 1.43 bits per heavy atom. The molecule has 0 spiro atoms. The molecule has 0 bridgehead atoms. The van der Waals surface area contributed by atoms with Crippen LogP contribution in [0.15, 0.2) is 102 Å². The van der Waals surface area contributed by atoms with E-state index in [0.717, 1.165) is 42.6 Å². The number of oxazole rings is 1. The number of hydrogen-bond donors (Lipinski definition) is 0. The van der Waals surface area contributed by atoms with Crippen molar-refractivity contribution in [3.05, 3.63) is 93.6 Å². The summed E-state index contributed by atoms with van der Waals surface area (Å²) in [6, 6.07) is 25.4. The van der Waals surface area contributed by atoms with Gasteiger partial charge in [0.25, 0.3) is 0 Å². The van der Waals surface area contributed by atoms with E-state index in [-0.39, 0.29) is 0 Å². The highest BCUT2D eigenvalue weighted by molar-refractivity contribution is 9.10. The number of furan rings is 1. The van der Waals surface area contributed by atoms with Gasteiger partial charge >= 0.3 is 0 Å². The molecular weight excluding hydrogens is 508 g/mol. The average Bonchev–Trinajstić information content (AvgIpc) is 3.40. The molecule has 2 aromatic heterocycles. The molecule has 5 aromatic rings. The zero-order valence-corrected chi connectivity index (χ0v) is 18.7. The van der Waals surface area contributed by atoms with E-state index in [2.05, 4.69) is 41.8 Å². The van der Waals surface area contributed by atoms with E-state index >= 15 is 0 Å². The highest BCUT2D eigenvalue weighted by atomic mass is 79.9. The van der Waals surface area contributed by atoms with Crippen molar-refractivity contribution >= 4 is 54.9 Å². The van der Waals surface area contributed by atoms with Gasteiger partial charge in [0, 0.05) is 20.1 Å². The van der Waals surface area contributed by atoms with Gasteiger partial charge in [0.2, 0.25) is 5.89 Å². The molecule has 0 aliphatic heterocycles. The molecule has 4 nitrogen and oxygen atoms in total. The Balaban J connectivity index is 1.38. The molecule has 0 atom stereocenters. The fourth-order valence-electron chi connectivity index (χ4n) is 3.04. The molecule has 146 valence electrons. The molecule has 5 rings (SSSR count). The minimum absolute atomic E-state index is 0.587. The Morgan fingerprint density at radius 1 is 0.733 bits per heavy atom. The average molecular weight is 522 g/mol. The van der Waals surface area contributed by atoms with Crippen LogP contribution in [0.3, 0.4) is 0 Å². The highest BCUT2D eigenvalue weighted by Gasteiger charge is 2.09. The number of fused-ring (bicyclic) bond motifs is 1. The fraction of sp³-hybridized carbons (Fsp3) is 0. The Bertz CT molecular complexity index is 1350. The third-order valence-corrected chi connectivity index (χ3v) is 5.62. The van der Waals surface area contributed by atoms with Gasteiger partial charge in [-0.25, -0.2) is 4.98 Å². The zero-order chi connectivity index (χ0) is 20.5. The van der Waals surface area contributed by atoms with Crippen LogP contribution in [-0.2, 0) is 0 Å². The summed E-state index contributed by atoms with van der Waals surface area (Å²) in [6.45, 7) is 0. The monoisotopic (exact) mass is 520 g/mol. The Morgan fingerprint density at radius 3 is 2.17 bits per heavy atom. The van der Waals surface area contributed by atoms with Crippen molar-refractivity contribution in [2.75, 3.05) is 0 Å². The lowest BCUT2D eigenvalue weighted by atomic mass is 10.2. The molecule has 2 heterocycles. The predicted octanol–water partition coefficient (Wildman–Crippen LogP) is 8.03. The van der Waals surface area contributed by atoms with Crippen LogP contribution >= 0.6 is 31.9 Å². The summed E-state index contributed by atoms with van der Waals surface area (Å²) >= 11 is 6.88. The topological polar surface area (TPSA) is 51.5 Å². The second-order valence-corrected chi connectivity index (χ2v) is 8.48. The molecule has 30 heavy (non-hydrogen) atoms. The summed E-state index contributed by atoms with van der Waals surface area (Å²) in [5.41, 5.74) is 4.21. The van der Waals surface area contributed by atoms with Crippen LogP contribution in [0.1, 0.15) is 5.76 Å². The summed E-state index contributed by atoms with van der Waals surface area (Å²) < 4.78 is 13.8. The van der Waals surface area contributed by atoms with E-state index in [9.17, 15) is 0 Å². The minimum atomic E-state index is 0.587. The number of halogens is 2. The van der Waals surface area contributed by atoms with Gasteiger partial charge < -0.3 is 8.83 Å². The second kappa shape index (κ2) is 8.05. The van der Waals surface area contributed by atoms with Gasteiger partial charge in [-0.1, -0.05) is 44.0 Å². The number of aromatic nitrogens is 1. The first-order chi connectivity index (χ1) is 14.6. The summed E-state index contributed by atoms with van der Waals surface area (Å²) in [7, 11) is 0. The molecule has 0 radical (unpaired) electrons. The smallest absolute Gasteiger partial charge is 0.227 e. The molecule has 0 fully saturated rings. The molecule has 3 aromatic carbocycles. The first kappa shape index (κ1) is 19.0. The maximum absolute atomic E-state index is 5.89. The molecule has 0 saturated heterocycles. The van der Waals surface area contributed by atoms with Gasteiger partial charge in [-0.2, -0.15) is 0 Å². The molecule has 0 saturated carbocycles.